The molecular formula is C12H19ClS. The molecule has 0 aliphatic carbocycles. The van der Waals surface area contributed by atoms with Crippen LogP contribution in [0.3, 0.4) is 0 Å². The molecular weight excluding hydrogens is 212 g/mol. The molecule has 2 heteroatoms. The molecule has 0 bridgehead atoms. The number of aryl methyl sites for hydroxylation is 1. The normalized spacial score (nSPS) is 13.4. The first kappa shape index (κ1) is 12.1. The lowest BCUT2D eigenvalue weighted by Gasteiger charge is -2.12. The van der Waals surface area contributed by atoms with Gasteiger partial charge >= 0.3 is 0 Å². The summed E-state index contributed by atoms with van der Waals surface area (Å²) in [6.07, 6.45) is 4.91. The van der Waals surface area contributed by atoms with Crippen LogP contribution in [0.4, 0.5) is 0 Å². The van der Waals surface area contributed by atoms with Crippen LogP contribution in [0.1, 0.15) is 38.0 Å². The molecule has 1 rings (SSSR count). The minimum Gasteiger partial charge on any atom is -0.149 e. The highest BCUT2D eigenvalue weighted by Gasteiger charge is 2.08. The van der Waals surface area contributed by atoms with Gasteiger partial charge in [-0.2, -0.15) is 0 Å². The van der Waals surface area contributed by atoms with Gasteiger partial charge < -0.3 is 0 Å². The first-order valence-electron chi connectivity index (χ1n) is 5.36. The summed E-state index contributed by atoms with van der Waals surface area (Å²) in [6, 6.07) is 4.34. The van der Waals surface area contributed by atoms with Gasteiger partial charge in [-0.05, 0) is 36.6 Å². The van der Waals surface area contributed by atoms with E-state index in [0.717, 1.165) is 6.42 Å². The van der Waals surface area contributed by atoms with Crippen LogP contribution in [0.25, 0.3) is 0 Å². The van der Waals surface area contributed by atoms with Gasteiger partial charge in [0, 0.05) is 10.3 Å². The van der Waals surface area contributed by atoms with Gasteiger partial charge in [0.2, 0.25) is 0 Å². The quantitative estimate of drug-likeness (QED) is 0.490. The molecule has 0 nitrogen and oxygen atoms in total. The number of hydrogen-bond acceptors (Lipinski definition) is 1. The van der Waals surface area contributed by atoms with Crippen molar-refractivity contribution in [3.8, 4) is 0 Å². The fourth-order valence-corrected chi connectivity index (χ4v) is 2.33. The Hall–Kier alpha value is -0.0100. The zero-order valence-electron chi connectivity index (χ0n) is 9.00. The molecule has 0 radical (unpaired) electrons. The van der Waals surface area contributed by atoms with E-state index >= 15 is 0 Å². The fourth-order valence-electron chi connectivity index (χ4n) is 1.43. The van der Waals surface area contributed by atoms with E-state index in [-0.39, 0.29) is 0 Å². The largest absolute Gasteiger partial charge is 0.149 e. The molecule has 1 atom stereocenters. The molecule has 0 aliphatic rings. The molecule has 0 spiro atoms. The van der Waals surface area contributed by atoms with Gasteiger partial charge in [-0.15, -0.1) is 22.9 Å². The lowest BCUT2D eigenvalue weighted by molar-refractivity contribution is 0.536. The Balaban J connectivity index is 2.05. The van der Waals surface area contributed by atoms with Crippen molar-refractivity contribution in [2.45, 2.75) is 44.9 Å². The molecule has 0 fully saturated rings. The Bertz CT molecular complexity index is 228. The molecule has 0 aliphatic heterocycles. The minimum atomic E-state index is 0.360. The van der Waals surface area contributed by atoms with Crippen molar-refractivity contribution >= 4 is 22.9 Å². The standard InChI is InChI=1S/C12H19ClS/c1-10(2)12(13)8-4-3-6-11-7-5-9-14-11/h5,7,9-10,12H,3-4,6,8H2,1-2H3. The maximum absolute atomic E-state index is 6.18. The van der Waals surface area contributed by atoms with Crippen LogP contribution in [0.5, 0.6) is 0 Å². The van der Waals surface area contributed by atoms with Gasteiger partial charge in [0.25, 0.3) is 0 Å². The second kappa shape index (κ2) is 6.47. The van der Waals surface area contributed by atoms with Gasteiger partial charge in [0.15, 0.2) is 0 Å². The van der Waals surface area contributed by atoms with E-state index < -0.39 is 0 Å². The first-order chi connectivity index (χ1) is 6.70. The lowest BCUT2D eigenvalue weighted by Crippen LogP contribution is -2.07. The van der Waals surface area contributed by atoms with Crippen molar-refractivity contribution < 1.29 is 0 Å². The van der Waals surface area contributed by atoms with Gasteiger partial charge in [0.05, 0.1) is 0 Å². The fraction of sp³-hybridized carbons (Fsp3) is 0.667. The molecule has 0 saturated carbocycles. The lowest BCUT2D eigenvalue weighted by atomic mass is 10.0. The highest BCUT2D eigenvalue weighted by molar-refractivity contribution is 7.09. The Morgan fingerprint density at radius 3 is 2.71 bits per heavy atom. The third-order valence-corrected chi connectivity index (χ3v) is 4.11. The maximum atomic E-state index is 6.18. The van der Waals surface area contributed by atoms with E-state index in [4.69, 9.17) is 11.6 Å². The second-order valence-corrected chi connectivity index (χ2v) is 5.68. The summed E-state index contributed by atoms with van der Waals surface area (Å²) < 4.78 is 0. The second-order valence-electron chi connectivity index (χ2n) is 4.09. The van der Waals surface area contributed by atoms with E-state index in [1.165, 1.54) is 24.1 Å². The SMILES string of the molecule is CC(C)C(Cl)CCCCc1cccs1. The zero-order chi connectivity index (χ0) is 10.4. The van der Waals surface area contributed by atoms with Gasteiger partial charge in [-0.25, -0.2) is 0 Å². The minimum absolute atomic E-state index is 0.360. The van der Waals surface area contributed by atoms with E-state index in [1.54, 1.807) is 0 Å². The zero-order valence-corrected chi connectivity index (χ0v) is 10.6. The van der Waals surface area contributed by atoms with E-state index in [0.29, 0.717) is 11.3 Å². The third kappa shape index (κ3) is 4.47. The summed E-state index contributed by atoms with van der Waals surface area (Å²) in [6.45, 7) is 4.38. The van der Waals surface area contributed by atoms with E-state index in [1.807, 2.05) is 11.3 Å². The number of thiophene rings is 1. The number of rotatable bonds is 6. The maximum Gasteiger partial charge on any atom is 0.0359 e. The molecule has 80 valence electrons. The Labute approximate surface area is 96.3 Å². The van der Waals surface area contributed by atoms with Crippen molar-refractivity contribution in [2.24, 2.45) is 5.92 Å². The molecule has 0 aromatic carbocycles. The molecule has 14 heavy (non-hydrogen) atoms. The highest BCUT2D eigenvalue weighted by Crippen LogP contribution is 2.18. The molecule has 0 amide bonds. The van der Waals surface area contributed by atoms with Crippen molar-refractivity contribution in [3.05, 3.63) is 22.4 Å². The molecule has 1 unspecified atom stereocenters. The first-order valence-corrected chi connectivity index (χ1v) is 6.68. The highest BCUT2D eigenvalue weighted by atomic mass is 35.5. The molecule has 0 saturated heterocycles. The van der Waals surface area contributed by atoms with Gasteiger partial charge in [-0.3, -0.25) is 0 Å². The predicted molar refractivity (Wildman–Crippen MR) is 66.4 cm³/mol. The van der Waals surface area contributed by atoms with Crippen LogP contribution < -0.4 is 0 Å². The summed E-state index contributed by atoms with van der Waals surface area (Å²) in [5.41, 5.74) is 0. The summed E-state index contributed by atoms with van der Waals surface area (Å²) >= 11 is 8.03. The van der Waals surface area contributed by atoms with E-state index in [2.05, 4.69) is 31.4 Å². The molecule has 0 N–H and O–H groups in total. The number of halogens is 1. The molecule has 1 aromatic rings. The van der Waals surface area contributed by atoms with Gasteiger partial charge in [-0.1, -0.05) is 26.3 Å². The Morgan fingerprint density at radius 2 is 2.14 bits per heavy atom. The molecule has 1 aromatic heterocycles. The van der Waals surface area contributed by atoms with Crippen molar-refractivity contribution in [2.75, 3.05) is 0 Å². The number of unbranched alkanes of at least 4 members (excludes halogenated alkanes) is 1. The van der Waals surface area contributed by atoms with Crippen LogP contribution in [0, 0.1) is 5.92 Å². The van der Waals surface area contributed by atoms with Gasteiger partial charge in [0.1, 0.15) is 0 Å². The number of hydrogen-bond donors (Lipinski definition) is 0. The van der Waals surface area contributed by atoms with Crippen LogP contribution in [-0.2, 0) is 6.42 Å². The topological polar surface area (TPSA) is 0 Å². The van der Waals surface area contributed by atoms with E-state index in [9.17, 15) is 0 Å². The summed E-state index contributed by atoms with van der Waals surface area (Å²) in [5.74, 6) is 0.610. The Morgan fingerprint density at radius 1 is 1.36 bits per heavy atom. The Kier molecular flexibility index (Phi) is 5.57. The average molecular weight is 231 g/mol. The monoisotopic (exact) mass is 230 g/mol. The molecule has 1 heterocycles. The van der Waals surface area contributed by atoms with Crippen LogP contribution in [-0.4, -0.2) is 5.38 Å². The van der Waals surface area contributed by atoms with Crippen molar-refractivity contribution in [1.82, 2.24) is 0 Å². The smallest absolute Gasteiger partial charge is 0.0359 e. The number of alkyl halides is 1. The third-order valence-electron chi connectivity index (χ3n) is 2.46. The van der Waals surface area contributed by atoms with Crippen LogP contribution >= 0.6 is 22.9 Å². The van der Waals surface area contributed by atoms with Crippen molar-refractivity contribution in [3.63, 3.8) is 0 Å². The summed E-state index contributed by atoms with van der Waals surface area (Å²) in [5, 5.41) is 2.51. The summed E-state index contributed by atoms with van der Waals surface area (Å²) in [7, 11) is 0. The van der Waals surface area contributed by atoms with Crippen LogP contribution in [0.2, 0.25) is 0 Å². The van der Waals surface area contributed by atoms with Crippen molar-refractivity contribution in [1.29, 1.82) is 0 Å². The summed E-state index contributed by atoms with van der Waals surface area (Å²) in [4.78, 5) is 1.50. The average Bonchev–Trinajstić information content (AvgIpc) is 2.64. The van der Waals surface area contributed by atoms with Crippen LogP contribution in [0.15, 0.2) is 17.5 Å². The predicted octanol–water partition coefficient (Wildman–Crippen LogP) is 4.72.